The molecule has 0 N–H and O–H groups in total. The van der Waals surface area contributed by atoms with E-state index < -0.39 is 11.7 Å². The van der Waals surface area contributed by atoms with Crippen LogP contribution in [0.15, 0.2) is 114 Å². The van der Waals surface area contributed by atoms with Gasteiger partial charge in [0, 0.05) is 49.4 Å². The molecule has 7 rings (SSSR count). The van der Waals surface area contributed by atoms with Gasteiger partial charge >= 0.3 is 6.18 Å². The molecule has 0 aliphatic rings. The molecule has 3 heterocycles. The molecule has 0 saturated heterocycles. The number of furan rings is 1. The van der Waals surface area contributed by atoms with Crippen LogP contribution >= 0.6 is 0 Å². The fraction of sp³-hybridized carbons (Fsp3) is 0.179. The van der Waals surface area contributed by atoms with Crippen LogP contribution in [0.3, 0.4) is 0 Å². The van der Waals surface area contributed by atoms with Gasteiger partial charge in [-0.3, -0.25) is 4.98 Å². The van der Waals surface area contributed by atoms with Gasteiger partial charge in [0.25, 0.3) is 0 Å². The number of alkyl halides is 3. The number of hydrogen-bond donors (Lipinski definition) is 0. The van der Waals surface area contributed by atoms with E-state index in [0.717, 1.165) is 51.2 Å². The number of nitrogens with zero attached hydrogens (tertiary/aromatic N) is 3. The SMILES string of the molecule is CC(C)c1cccc(C(C)C)c1-n1c(-c2[c-]oc3ccc(C(F)(F)F)cc23)nc2ccccc21.[Ir].[c-]1ccccc1-c1ccccn1. The van der Waals surface area contributed by atoms with Crippen LogP contribution in [0.1, 0.15) is 56.2 Å². The van der Waals surface area contributed by atoms with Crippen molar-refractivity contribution in [3.8, 4) is 28.3 Å². The summed E-state index contributed by atoms with van der Waals surface area (Å²) in [7, 11) is 0. The van der Waals surface area contributed by atoms with Gasteiger partial charge < -0.3 is 14.0 Å². The fourth-order valence-corrected chi connectivity index (χ4v) is 5.58. The normalized spacial score (nSPS) is 11.5. The Labute approximate surface area is 285 Å². The molecule has 0 bridgehead atoms. The van der Waals surface area contributed by atoms with Gasteiger partial charge in [0.15, 0.2) is 0 Å². The Kier molecular flexibility index (Phi) is 10.1. The van der Waals surface area contributed by atoms with Crippen LogP contribution in [0.5, 0.6) is 0 Å². The molecule has 4 nitrogen and oxygen atoms in total. The van der Waals surface area contributed by atoms with Gasteiger partial charge in [-0.15, -0.1) is 35.9 Å². The van der Waals surface area contributed by atoms with Crippen LogP contribution in [0.25, 0.3) is 50.3 Å². The number of aromatic nitrogens is 3. The summed E-state index contributed by atoms with van der Waals surface area (Å²) in [6.45, 7) is 8.54. The summed E-state index contributed by atoms with van der Waals surface area (Å²) in [5.74, 6) is 0.962. The monoisotopic (exact) mass is 808 g/mol. The number of para-hydroxylation sites is 3. The van der Waals surface area contributed by atoms with Crippen molar-refractivity contribution in [2.45, 2.75) is 45.7 Å². The number of benzene rings is 4. The smallest absolute Gasteiger partial charge is 0.415 e. The van der Waals surface area contributed by atoms with E-state index in [4.69, 9.17) is 9.40 Å². The van der Waals surface area contributed by atoms with Crippen LogP contribution < -0.4 is 0 Å². The molecule has 0 aliphatic carbocycles. The van der Waals surface area contributed by atoms with Crippen LogP contribution in [0, 0.1) is 12.3 Å². The molecule has 0 amide bonds. The molecule has 0 unspecified atom stereocenters. The van der Waals surface area contributed by atoms with Crippen LogP contribution in [-0.4, -0.2) is 14.5 Å². The number of rotatable bonds is 5. The van der Waals surface area contributed by atoms with Gasteiger partial charge in [0.05, 0.1) is 16.9 Å². The third kappa shape index (κ3) is 6.95. The number of imidazole rings is 1. The number of fused-ring (bicyclic) bond motifs is 2. The molecule has 0 fully saturated rings. The van der Waals surface area contributed by atoms with Crippen molar-refractivity contribution in [3.63, 3.8) is 0 Å². The van der Waals surface area contributed by atoms with E-state index in [1.807, 2.05) is 66.7 Å². The molecule has 1 radical (unpaired) electrons. The summed E-state index contributed by atoms with van der Waals surface area (Å²) >= 11 is 0. The van der Waals surface area contributed by atoms with E-state index in [2.05, 4.69) is 67.8 Å². The van der Waals surface area contributed by atoms with Crippen LogP contribution in [0.2, 0.25) is 0 Å². The molecule has 241 valence electrons. The third-order valence-corrected chi connectivity index (χ3v) is 7.84. The Balaban J connectivity index is 0.000000280. The van der Waals surface area contributed by atoms with E-state index in [0.29, 0.717) is 22.4 Å². The molecular weight excluding hydrogens is 776 g/mol. The molecule has 8 heteroatoms. The average Bonchev–Trinajstić information content (AvgIpc) is 3.66. The Morgan fingerprint density at radius 3 is 2.13 bits per heavy atom. The van der Waals surface area contributed by atoms with Gasteiger partial charge in [0.1, 0.15) is 0 Å². The molecular formula is C39H32F3IrN3O-2. The molecule has 3 aromatic heterocycles. The van der Waals surface area contributed by atoms with Gasteiger partial charge in [-0.2, -0.15) is 13.2 Å². The summed E-state index contributed by atoms with van der Waals surface area (Å²) in [6.07, 6.45) is 0.179. The van der Waals surface area contributed by atoms with Crippen molar-refractivity contribution in [1.29, 1.82) is 0 Å². The first kappa shape index (κ1) is 33.8. The maximum atomic E-state index is 13.5. The first-order chi connectivity index (χ1) is 22.1. The topological polar surface area (TPSA) is 43.9 Å². The van der Waals surface area contributed by atoms with E-state index in [1.54, 1.807) is 6.20 Å². The second-order valence-electron chi connectivity index (χ2n) is 11.6. The first-order valence-corrected chi connectivity index (χ1v) is 15.1. The summed E-state index contributed by atoms with van der Waals surface area (Å²) in [5.41, 5.74) is 6.93. The standard InChI is InChI=1S/C28H24F3N2O.C11H8N.Ir/c1-16(2)19-8-7-9-20(17(3)4)26(19)33-24-11-6-5-10-23(24)32-27(33)22-15-34-25-13-12-18(14-21(22)25)28(29,30)31;1-2-6-10(7-3-1)11-8-4-5-9-12-11;/h5-14,16-17H,1-4H3;1-6,8-9H;/q2*-1;. The Hall–Kier alpha value is -4.52. The van der Waals surface area contributed by atoms with Gasteiger partial charge in [-0.25, -0.2) is 0 Å². The van der Waals surface area contributed by atoms with E-state index >= 15 is 0 Å². The average molecular weight is 808 g/mol. The van der Waals surface area contributed by atoms with Gasteiger partial charge in [0.2, 0.25) is 0 Å². The molecule has 4 aromatic carbocycles. The van der Waals surface area contributed by atoms with E-state index in [-0.39, 0.29) is 31.9 Å². The maximum Gasteiger partial charge on any atom is 0.415 e. The Morgan fingerprint density at radius 2 is 1.49 bits per heavy atom. The number of hydrogen-bond acceptors (Lipinski definition) is 3. The molecule has 0 aliphatic heterocycles. The van der Waals surface area contributed by atoms with Crippen molar-refractivity contribution >= 4 is 22.0 Å². The van der Waals surface area contributed by atoms with Gasteiger partial charge in [-0.05, 0) is 46.9 Å². The summed E-state index contributed by atoms with van der Waals surface area (Å²) in [4.78, 5) is 9.08. The van der Waals surface area contributed by atoms with Crippen molar-refractivity contribution < 1.29 is 37.7 Å². The van der Waals surface area contributed by atoms with Gasteiger partial charge in [-0.1, -0.05) is 99.3 Å². The molecule has 0 saturated carbocycles. The predicted octanol–water partition coefficient (Wildman–Crippen LogP) is 11.1. The maximum absolute atomic E-state index is 13.5. The third-order valence-electron chi connectivity index (χ3n) is 7.84. The zero-order chi connectivity index (χ0) is 32.4. The summed E-state index contributed by atoms with van der Waals surface area (Å²) in [6, 6.07) is 34.3. The van der Waals surface area contributed by atoms with Crippen molar-refractivity contribution in [3.05, 3.63) is 138 Å². The van der Waals surface area contributed by atoms with Crippen LogP contribution in [-0.2, 0) is 26.3 Å². The molecule has 47 heavy (non-hydrogen) atoms. The Morgan fingerprint density at radius 1 is 0.787 bits per heavy atom. The van der Waals surface area contributed by atoms with Crippen molar-refractivity contribution in [2.24, 2.45) is 0 Å². The minimum atomic E-state index is -4.46. The Bertz CT molecular complexity index is 2040. The number of halogens is 3. The van der Waals surface area contributed by atoms with Crippen LogP contribution in [0.4, 0.5) is 13.2 Å². The quantitative estimate of drug-likeness (QED) is 0.163. The zero-order valence-electron chi connectivity index (χ0n) is 26.3. The minimum absolute atomic E-state index is 0. The summed E-state index contributed by atoms with van der Waals surface area (Å²) < 4.78 is 48.1. The van der Waals surface area contributed by atoms with Crippen molar-refractivity contribution in [1.82, 2.24) is 14.5 Å². The molecule has 0 spiro atoms. The first-order valence-electron chi connectivity index (χ1n) is 15.1. The predicted molar refractivity (Wildman–Crippen MR) is 177 cm³/mol. The van der Waals surface area contributed by atoms with E-state index in [9.17, 15) is 13.2 Å². The van der Waals surface area contributed by atoms with E-state index in [1.165, 1.54) is 6.07 Å². The molecule has 0 atom stereocenters. The fourth-order valence-electron chi connectivity index (χ4n) is 5.58. The molecule has 7 aromatic rings. The number of pyridine rings is 1. The summed E-state index contributed by atoms with van der Waals surface area (Å²) in [5, 5.41) is 0.333. The minimum Gasteiger partial charge on any atom is -0.557 e. The zero-order valence-corrected chi connectivity index (χ0v) is 28.7. The largest absolute Gasteiger partial charge is 0.557 e. The second-order valence-corrected chi connectivity index (χ2v) is 11.6. The van der Waals surface area contributed by atoms with Crippen molar-refractivity contribution in [2.75, 3.05) is 0 Å². The second kappa shape index (κ2) is 14.1.